The maximum atomic E-state index is 13.9. The molecule has 1 aliphatic heterocycles. The van der Waals surface area contributed by atoms with Crippen LogP contribution in [0.5, 0.6) is 11.5 Å². The van der Waals surface area contributed by atoms with Crippen molar-refractivity contribution in [2.75, 3.05) is 17.7 Å². The summed E-state index contributed by atoms with van der Waals surface area (Å²) in [6.45, 7) is 5.82. The summed E-state index contributed by atoms with van der Waals surface area (Å²) in [7, 11) is 1.57. The van der Waals surface area contributed by atoms with Crippen LogP contribution in [0.3, 0.4) is 0 Å². The number of carbonyl (C=O) groups is 1. The lowest BCUT2D eigenvalue weighted by Gasteiger charge is -2.29. The highest BCUT2D eigenvalue weighted by atomic mass is 35.5. The molecule has 2 N–H and O–H groups in total. The van der Waals surface area contributed by atoms with Gasteiger partial charge in [0.15, 0.2) is 0 Å². The highest BCUT2D eigenvalue weighted by Gasteiger charge is 2.35. The molecule has 8 nitrogen and oxygen atoms in total. The third-order valence-electron chi connectivity index (χ3n) is 6.29. The standard InChI is InChI=1S/C30H30ClN5O3S/c1-18(2)39-22-12-9-11-20(16-22)27-26(28(37)33-24-14-7-8-15-25(24)38-4)19(3)32-29-34-30(35-36(27)29)40-17-21-10-5-6-13-23(21)31/h5-16,18,27H,17H2,1-4H3,(H,33,37)(H,32,34,35). The normalized spacial score (nSPS) is 14.5. The molecule has 1 aliphatic rings. The van der Waals surface area contributed by atoms with E-state index in [1.54, 1.807) is 23.9 Å². The molecular formula is C30H30ClN5O3S. The first kappa shape index (κ1) is 27.6. The number of hydrogen-bond acceptors (Lipinski definition) is 7. The third-order valence-corrected chi connectivity index (χ3v) is 7.55. The number of halogens is 1. The summed E-state index contributed by atoms with van der Waals surface area (Å²) in [5.41, 5.74) is 3.60. The van der Waals surface area contributed by atoms with E-state index in [4.69, 9.17) is 31.2 Å². The number of anilines is 2. The Morgan fingerprint density at radius 3 is 2.67 bits per heavy atom. The number of aromatic nitrogens is 3. The van der Waals surface area contributed by atoms with Crippen molar-refractivity contribution in [3.05, 3.63) is 100 Å². The van der Waals surface area contributed by atoms with Gasteiger partial charge in [-0.1, -0.05) is 65.8 Å². The minimum atomic E-state index is -0.552. The van der Waals surface area contributed by atoms with Crippen molar-refractivity contribution in [2.45, 2.75) is 43.8 Å². The summed E-state index contributed by atoms with van der Waals surface area (Å²) in [6.07, 6.45) is 0.00334. The van der Waals surface area contributed by atoms with Crippen molar-refractivity contribution in [1.82, 2.24) is 14.8 Å². The zero-order chi connectivity index (χ0) is 28.2. The Labute approximate surface area is 242 Å². The van der Waals surface area contributed by atoms with Crippen molar-refractivity contribution in [2.24, 2.45) is 0 Å². The molecule has 1 unspecified atom stereocenters. The molecule has 0 aliphatic carbocycles. The van der Waals surface area contributed by atoms with Crippen LogP contribution in [0.25, 0.3) is 0 Å². The summed E-state index contributed by atoms with van der Waals surface area (Å²) in [5, 5.41) is 12.4. The van der Waals surface area contributed by atoms with Gasteiger partial charge in [-0.2, -0.15) is 4.98 Å². The average molecular weight is 576 g/mol. The summed E-state index contributed by atoms with van der Waals surface area (Å²) < 4.78 is 13.2. The number of nitrogens with one attached hydrogen (secondary N) is 2. The number of ether oxygens (including phenoxy) is 2. The lowest BCUT2D eigenvalue weighted by molar-refractivity contribution is -0.113. The fraction of sp³-hybridized carbons (Fsp3) is 0.233. The predicted octanol–water partition coefficient (Wildman–Crippen LogP) is 6.95. The van der Waals surface area contributed by atoms with Gasteiger partial charge in [0.1, 0.15) is 17.5 Å². The lowest BCUT2D eigenvalue weighted by atomic mass is 9.94. The lowest BCUT2D eigenvalue weighted by Crippen LogP contribution is -2.31. The van der Waals surface area contributed by atoms with Crippen molar-refractivity contribution < 1.29 is 14.3 Å². The molecule has 0 fully saturated rings. The fourth-order valence-electron chi connectivity index (χ4n) is 4.52. The first-order valence-electron chi connectivity index (χ1n) is 12.9. The Morgan fingerprint density at radius 1 is 1.12 bits per heavy atom. The number of nitrogens with zero attached hydrogens (tertiary/aromatic N) is 3. The molecule has 10 heteroatoms. The highest BCUT2D eigenvalue weighted by molar-refractivity contribution is 7.98. The van der Waals surface area contributed by atoms with E-state index < -0.39 is 6.04 Å². The van der Waals surface area contributed by atoms with E-state index in [1.807, 2.05) is 81.4 Å². The van der Waals surface area contributed by atoms with Crippen molar-refractivity contribution in [1.29, 1.82) is 0 Å². The van der Waals surface area contributed by atoms with Gasteiger partial charge in [0.25, 0.3) is 5.91 Å². The van der Waals surface area contributed by atoms with Gasteiger partial charge in [0.2, 0.25) is 11.1 Å². The summed E-state index contributed by atoms with van der Waals surface area (Å²) in [6, 6.07) is 22.2. The number of methoxy groups -OCH3 is 1. The Kier molecular flexibility index (Phi) is 8.32. The second-order valence-corrected chi connectivity index (χ2v) is 10.9. The first-order chi connectivity index (χ1) is 19.3. The van der Waals surface area contributed by atoms with Crippen LogP contribution in [0.4, 0.5) is 11.6 Å². The highest BCUT2D eigenvalue weighted by Crippen LogP contribution is 2.39. The maximum Gasteiger partial charge on any atom is 0.255 e. The molecular weight excluding hydrogens is 546 g/mol. The molecule has 1 atom stereocenters. The molecule has 0 bridgehead atoms. The van der Waals surface area contributed by atoms with Crippen LogP contribution in [-0.4, -0.2) is 33.9 Å². The summed E-state index contributed by atoms with van der Waals surface area (Å²) >= 11 is 7.84. The van der Waals surface area contributed by atoms with E-state index in [-0.39, 0.29) is 12.0 Å². The van der Waals surface area contributed by atoms with Gasteiger partial charge >= 0.3 is 0 Å². The quantitative estimate of drug-likeness (QED) is 0.209. The zero-order valence-corrected chi connectivity index (χ0v) is 24.2. The zero-order valence-electron chi connectivity index (χ0n) is 22.6. The molecule has 4 aromatic rings. The second-order valence-electron chi connectivity index (χ2n) is 9.50. The number of amides is 1. The van der Waals surface area contributed by atoms with Crippen LogP contribution in [0.15, 0.2) is 89.2 Å². The topological polar surface area (TPSA) is 90.3 Å². The maximum absolute atomic E-state index is 13.9. The van der Waals surface area contributed by atoms with Crippen LogP contribution >= 0.6 is 23.4 Å². The van der Waals surface area contributed by atoms with Gasteiger partial charge in [0, 0.05) is 16.5 Å². The monoisotopic (exact) mass is 575 g/mol. The van der Waals surface area contributed by atoms with Gasteiger partial charge in [0.05, 0.1) is 24.5 Å². The summed E-state index contributed by atoms with van der Waals surface area (Å²) in [4.78, 5) is 18.6. The van der Waals surface area contributed by atoms with E-state index >= 15 is 0 Å². The molecule has 206 valence electrons. The molecule has 1 aromatic heterocycles. The van der Waals surface area contributed by atoms with Crippen LogP contribution < -0.4 is 20.1 Å². The van der Waals surface area contributed by atoms with Crippen molar-refractivity contribution >= 4 is 40.9 Å². The van der Waals surface area contributed by atoms with E-state index in [0.717, 1.165) is 11.1 Å². The SMILES string of the molecule is COc1ccccc1NC(=O)C1=C(C)Nc2nc(SCc3ccccc3Cl)nn2C1c1cccc(OC(C)C)c1. The molecule has 2 heterocycles. The minimum Gasteiger partial charge on any atom is -0.495 e. The average Bonchev–Trinajstić information content (AvgIpc) is 3.34. The van der Waals surface area contributed by atoms with E-state index in [2.05, 4.69) is 10.6 Å². The number of thioether (sulfide) groups is 1. The molecule has 5 rings (SSSR count). The number of rotatable bonds is 9. The Morgan fingerprint density at radius 2 is 1.90 bits per heavy atom. The van der Waals surface area contributed by atoms with E-state index in [1.165, 1.54) is 11.8 Å². The number of benzene rings is 3. The predicted molar refractivity (Wildman–Crippen MR) is 159 cm³/mol. The third kappa shape index (κ3) is 5.95. The van der Waals surface area contributed by atoms with E-state index in [9.17, 15) is 4.79 Å². The van der Waals surface area contributed by atoms with Crippen LogP contribution in [-0.2, 0) is 10.5 Å². The Bertz CT molecular complexity index is 1570. The number of fused-ring (bicyclic) bond motifs is 1. The Hall–Kier alpha value is -3.95. The minimum absolute atomic E-state index is 0.00334. The molecule has 0 radical (unpaired) electrons. The number of carbonyl (C=O) groups excluding carboxylic acids is 1. The number of hydrogen-bond donors (Lipinski definition) is 2. The summed E-state index contributed by atoms with van der Waals surface area (Å²) in [5.74, 6) is 2.16. The van der Waals surface area contributed by atoms with Gasteiger partial charge in [-0.15, -0.1) is 5.10 Å². The van der Waals surface area contributed by atoms with Gasteiger partial charge in [-0.25, -0.2) is 4.68 Å². The van der Waals surface area contributed by atoms with Gasteiger partial charge in [-0.3, -0.25) is 4.79 Å². The fourth-order valence-corrected chi connectivity index (χ4v) is 5.64. The molecule has 1 amide bonds. The molecule has 0 saturated carbocycles. The van der Waals surface area contributed by atoms with Gasteiger partial charge in [-0.05, 0) is 62.2 Å². The molecule has 40 heavy (non-hydrogen) atoms. The Balaban J connectivity index is 1.52. The first-order valence-corrected chi connectivity index (χ1v) is 14.2. The molecule has 0 spiro atoms. The smallest absolute Gasteiger partial charge is 0.255 e. The largest absolute Gasteiger partial charge is 0.495 e. The molecule has 0 saturated heterocycles. The number of allylic oxidation sites excluding steroid dienone is 1. The van der Waals surface area contributed by atoms with Gasteiger partial charge < -0.3 is 20.1 Å². The van der Waals surface area contributed by atoms with E-state index in [0.29, 0.717) is 50.3 Å². The van der Waals surface area contributed by atoms with Crippen LogP contribution in [0, 0.1) is 0 Å². The molecule has 3 aromatic carbocycles. The second kappa shape index (κ2) is 12.1. The number of para-hydroxylation sites is 2. The van der Waals surface area contributed by atoms with Crippen LogP contribution in [0.1, 0.15) is 37.9 Å². The van der Waals surface area contributed by atoms with Crippen molar-refractivity contribution in [3.8, 4) is 11.5 Å². The van der Waals surface area contributed by atoms with Crippen LogP contribution in [0.2, 0.25) is 5.02 Å². The van der Waals surface area contributed by atoms with Crippen molar-refractivity contribution in [3.63, 3.8) is 0 Å².